The molecule has 0 amide bonds. The molecule has 1 rings (SSSR count). The molecule has 0 aliphatic carbocycles. The Hall–Kier alpha value is -2.04. The summed E-state index contributed by atoms with van der Waals surface area (Å²) in [4.78, 5) is 14.9. The minimum absolute atomic E-state index is 0.266. The quantitative estimate of drug-likeness (QED) is 0.249. The van der Waals surface area contributed by atoms with Gasteiger partial charge in [-0.25, -0.2) is 0 Å². The van der Waals surface area contributed by atoms with E-state index >= 15 is 0 Å². The lowest BCUT2D eigenvalue weighted by atomic mass is 9.92. The van der Waals surface area contributed by atoms with Crippen LogP contribution in [0.2, 0.25) is 0 Å². The summed E-state index contributed by atoms with van der Waals surface area (Å²) in [7, 11) is 0. The number of carbonyl (C=O) groups excluding carboxylic acids is 1. The summed E-state index contributed by atoms with van der Waals surface area (Å²) < 4.78 is 5.17. The summed E-state index contributed by atoms with van der Waals surface area (Å²) in [5.41, 5.74) is 8.52. The lowest BCUT2D eigenvalue weighted by Gasteiger charge is -2.28. The molecule has 0 saturated carbocycles. The van der Waals surface area contributed by atoms with Crippen molar-refractivity contribution in [3.05, 3.63) is 46.3 Å². The van der Waals surface area contributed by atoms with Crippen LogP contribution in [0.15, 0.2) is 35.4 Å². The maximum absolute atomic E-state index is 12.2. The van der Waals surface area contributed by atoms with E-state index in [0.29, 0.717) is 32.5 Å². The van der Waals surface area contributed by atoms with Crippen molar-refractivity contribution in [3.8, 4) is 0 Å². The molecule has 0 radical (unpaired) electrons. The van der Waals surface area contributed by atoms with Crippen LogP contribution in [-0.2, 0) is 16.0 Å². The third kappa shape index (κ3) is 5.85. The fourth-order valence-corrected chi connectivity index (χ4v) is 2.06. The number of hydrogen-bond acceptors (Lipinski definition) is 4. The molecule has 0 saturated heterocycles. The van der Waals surface area contributed by atoms with Crippen LogP contribution in [0.3, 0.4) is 0 Å². The summed E-state index contributed by atoms with van der Waals surface area (Å²) in [6, 6.07) is 9.81. The fourth-order valence-electron chi connectivity index (χ4n) is 2.06. The Bertz CT molecular complexity index is 486. The van der Waals surface area contributed by atoms with E-state index in [0.717, 1.165) is 5.56 Å². The Labute approximate surface area is 125 Å². The number of rotatable bonds is 9. The lowest BCUT2D eigenvalue weighted by molar-refractivity contribution is -0.150. The van der Waals surface area contributed by atoms with Crippen LogP contribution in [0, 0.1) is 0 Å². The van der Waals surface area contributed by atoms with E-state index in [1.807, 2.05) is 37.3 Å². The summed E-state index contributed by atoms with van der Waals surface area (Å²) in [5, 5.41) is 6.71. The zero-order valence-corrected chi connectivity index (χ0v) is 12.6. The van der Waals surface area contributed by atoms with Crippen molar-refractivity contribution >= 4 is 5.97 Å². The third-order valence-electron chi connectivity index (χ3n) is 3.14. The summed E-state index contributed by atoms with van der Waals surface area (Å²) in [6.45, 7) is 4.98. The SMILES string of the molecule is CCOC(=O)C(C)(Cc1ccccc1)NCCCN=[N+]=[N-]. The average molecular weight is 290 g/mol. The van der Waals surface area contributed by atoms with Crippen molar-refractivity contribution in [2.45, 2.75) is 32.2 Å². The summed E-state index contributed by atoms with van der Waals surface area (Å²) in [5.74, 6) is -0.266. The van der Waals surface area contributed by atoms with E-state index in [1.54, 1.807) is 6.92 Å². The van der Waals surface area contributed by atoms with Gasteiger partial charge in [0.15, 0.2) is 0 Å². The van der Waals surface area contributed by atoms with Gasteiger partial charge in [-0.15, -0.1) is 0 Å². The number of nitrogens with zero attached hydrogens (tertiary/aromatic N) is 3. The highest BCUT2D eigenvalue weighted by Crippen LogP contribution is 2.15. The first kappa shape index (κ1) is 17.0. The van der Waals surface area contributed by atoms with Crippen molar-refractivity contribution in [2.24, 2.45) is 5.11 Å². The molecule has 0 spiro atoms. The van der Waals surface area contributed by atoms with Crippen LogP contribution >= 0.6 is 0 Å². The zero-order chi connectivity index (χ0) is 15.6. The molecule has 6 heteroatoms. The molecule has 0 bridgehead atoms. The predicted octanol–water partition coefficient (Wildman–Crippen LogP) is 2.84. The van der Waals surface area contributed by atoms with E-state index in [9.17, 15) is 4.79 Å². The molecular formula is C15H22N4O2. The first-order valence-electron chi connectivity index (χ1n) is 7.09. The van der Waals surface area contributed by atoms with Crippen molar-refractivity contribution in [1.29, 1.82) is 0 Å². The number of hydrogen-bond donors (Lipinski definition) is 1. The minimum atomic E-state index is -0.784. The molecule has 0 aliphatic heterocycles. The van der Waals surface area contributed by atoms with Crippen LogP contribution < -0.4 is 5.32 Å². The van der Waals surface area contributed by atoms with Gasteiger partial charge in [-0.3, -0.25) is 4.79 Å². The first-order valence-corrected chi connectivity index (χ1v) is 7.09. The van der Waals surface area contributed by atoms with E-state index < -0.39 is 5.54 Å². The molecule has 0 aliphatic rings. The van der Waals surface area contributed by atoms with Gasteiger partial charge in [0.05, 0.1) is 6.61 Å². The maximum Gasteiger partial charge on any atom is 0.326 e. The van der Waals surface area contributed by atoms with Gasteiger partial charge in [-0.05, 0) is 37.9 Å². The molecular weight excluding hydrogens is 268 g/mol. The van der Waals surface area contributed by atoms with Crippen molar-refractivity contribution < 1.29 is 9.53 Å². The van der Waals surface area contributed by atoms with Crippen LogP contribution in [0.5, 0.6) is 0 Å². The van der Waals surface area contributed by atoms with Crippen LogP contribution in [0.1, 0.15) is 25.8 Å². The van der Waals surface area contributed by atoms with Crippen LogP contribution in [0.4, 0.5) is 0 Å². The average Bonchev–Trinajstić information content (AvgIpc) is 2.48. The highest BCUT2D eigenvalue weighted by molar-refractivity contribution is 5.80. The Morgan fingerprint density at radius 3 is 2.76 bits per heavy atom. The predicted molar refractivity (Wildman–Crippen MR) is 81.8 cm³/mol. The van der Waals surface area contributed by atoms with Gasteiger partial charge in [-0.2, -0.15) is 0 Å². The summed E-state index contributed by atoms with van der Waals surface area (Å²) >= 11 is 0. The second-order valence-corrected chi connectivity index (χ2v) is 4.95. The Balaban J connectivity index is 2.69. The molecule has 1 aromatic rings. The third-order valence-corrected chi connectivity index (χ3v) is 3.14. The Morgan fingerprint density at radius 1 is 1.43 bits per heavy atom. The van der Waals surface area contributed by atoms with Gasteiger partial charge < -0.3 is 10.1 Å². The van der Waals surface area contributed by atoms with Crippen molar-refractivity contribution in [3.63, 3.8) is 0 Å². The van der Waals surface area contributed by atoms with E-state index in [-0.39, 0.29) is 5.97 Å². The lowest BCUT2D eigenvalue weighted by Crippen LogP contribution is -2.52. The van der Waals surface area contributed by atoms with E-state index in [2.05, 4.69) is 15.3 Å². The zero-order valence-electron chi connectivity index (χ0n) is 12.6. The maximum atomic E-state index is 12.2. The topological polar surface area (TPSA) is 87.1 Å². The normalized spacial score (nSPS) is 13.0. The standard InChI is InChI=1S/C15H22N4O2/c1-3-21-14(20)15(2,17-10-7-11-18-19-16)12-13-8-5-4-6-9-13/h4-6,8-9,17H,3,7,10-12H2,1-2H3. The van der Waals surface area contributed by atoms with E-state index in [4.69, 9.17) is 10.3 Å². The van der Waals surface area contributed by atoms with Crippen molar-refractivity contribution in [2.75, 3.05) is 19.7 Å². The van der Waals surface area contributed by atoms with Gasteiger partial charge in [0.1, 0.15) is 5.54 Å². The summed E-state index contributed by atoms with van der Waals surface area (Å²) in [6.07, 6.45) is 1.22. The van der Waals surface area contributed by atoms with Gasteiger partial charge in [0.25, 0.3) is 0 Å². The highest BCUT2D eigenvalue weighted by atomic mass is 16.5. The Kier molecular flexibility index (Phi) is 7.29. The number of azide groups is 1. The first-order chi connectivity index (χ1) is 10.1. The molecule has 114 valence electrons. The number of nitrogens with one attached hydrogen (secondary N) is 1. The molecule has 0 fully saturated rings. The van der Waals surface area contributed by atoms with Crippen LogP contribution in [-0.4, -0.2) is 31.2 Å². The Morgan fingerprint density at radius 2 is 2.14 bits per heavy atom. The minimum Gasteiger partial charge on any atom is -0.465 e. The van der Waals surface area contributed by atoms with Gasteiger partial charge in [0, 0.05) is 17.9 Å². The monoisotopic (exact) mass is 290 g/mol. The molecule has 6 nitrogen and oxygen atoms in total. The second kappa shape index (κ2) is 9.00. The van der Waals surface area contributed by atoms with E-state index in [1.165, 1.54) is 0 Å². The van der Waals surface area contributed by atoms with Crippen molar-refractivity contribution in [1.82, 2.24) is 5.32 Å². The van der Waals surface area contributed by atoms with Crippen LogP contribution in [0.25, 0.3) is 10.4 Å². The number of carbonyl (C=O) groups is 1. The van der Waals surface area contributed by atoms with Gasteiger partial charge in [-0.1, -0.05) is 35.4 Å². The largest absolute Gasteiger partial charge is 0.465 e. The van der Waals surface area contributed by atoms with Gasteiger partial charge in [0.2, 0.25) is 0 Å². The smallest absolute Gasteiger partial charge is 0.326 e. The van der Waals surface area contributed by atoms with Gasteiger partial charge >= 0.3 is 5.97 Å². The number of esters is 1. The fraction of sp³-hybridized carbons (Fsp3) is 0.533. The highest BCUT2D eigenvalue weighted by Gasteiger charge is 2.34. The number of ether oxygens (including phenoxy) is 1. The molecule has 1 N–H and O–H groups in total. The molecule has 0 heterocycles. The molecule has 1 unspecified atom stereocenters. The molecule has 21 heavy (non-hydrogen) atoms. The second-order valence-electron chi connectivity index (χ2n) is 4.95. The molecule has 1 atom stereocenters. The molecule has 1 aromatic carbocycles. The number of benzene rings is 1. The molecule has 0 aromatic heterocycles.